The zero-order chi connectivity index (χ0) is 24.0. The van der Waals surface area contributed by atoms with Gasteiger partial charge in [0.1, 0.15) is 0 Å². The van der Waals surface area contributed by atoms with Crippen LogP contribution in [0.5, 0.6) is 0 Å². The Hall–Kier alpha value is -3.10. The van der Waals surface area contributed by atoms with Crippen molar-refractivity contribution < 1.29 is 18.0 Å². The first-order valence-electron chi connectivity index (χ1n) is 10.8. The summed E-state index contributed by atoms with van der Waals surface area (Å²) in [6, 6.07) is 25.7. The molecule has 1 fully saturated rings. The van der Waals surface area contributed by atoms with Crippen LogP contribution in [-0.2, 0) is 11.0 Å². The highest BCUT2D eigenvalue weighted by molar-refractivity contribution is 8.00. The number of amides is 1. The van der Waals surface area contributed by atoms with Gasteiger partial charge in [0.05, 0.1) is 23.6 Å². The van der Waals surface area contributed by atoms with Crippen molar-refractivity contribution in [1.82, 2.24) is 10.3 Å². The molecule has 8 heteroatoms. The van der Waals surface area contributed by atoms with Gasteiger partial charge in [0.15, 0.2) is 0 Å². The lowest BCUT2D eigenvalue weighted by Crippen LogP contribution is -2.51. The number of hydrogen-bond donors (Lipinski definition) is 1. The van der Waals surface area contributed by atoms with E-state index in [1.165, 1.54) is 29.5 Å². The SMILES string of the molecule is O=C(CSC1CN(C(c2ccccc2)c2ccccc2)C1)N/N=C/c1cccc(C(F)(F)F)c1. The highest BCUT2D eigenvalue weighted by atomic mass is 32.2. The molecule has 1 amide bonds. The van der Waals surface area contributed by atoms with Crippen molar-refractivity contribution in [1.29, 1.82) is 0 Å². The molecule has 0 saturated carbocycles. The van der Waals surface area contributed by atoms with Crippen LogP contribution in [0.1, 0.15) is 28.3 Å². The summed E-state index contributed by atoms with van der Waals surface area (Å²) in [6.07, 6.45) is -3.20. The van der Waals surface area contributed by atoms with Crippen molar-refractivity contribution in [2.45, 2.75) is 17.5 Å². The molecule has 0 spiro atoms. The van der Waals surface area contributed by atoms with Gasteiger partial charge in [-0.2, -0.15) is 18.3 Å². The number of likely N-dealkylation sites (tertiary alicyclic amines) is 1. The van der Waals surface area contributed by atoms with Crippen LogP contribution in [0, 0.1) is 0 Å². The maximum atomic E-state index is 12.8. The molecule has 3 aromatic rings. The number of hydrogen-bond acceptors (Lipinski definition) is 4. The van der Waals surface area contributed by atoms with Crippen molar-refractivity contribution in [2.75, 3.05) is 18.8 Å². The van der Waals surface area contributed by atoms with E-state index in [0.717, 1.165) is 25.2 Å². The van der Waals surface area contributed by atoms with E-state index in [1.807, 2.05) is 36.4 Å². The highest BCUT2D eigenvalue weighted by Crippen LogP contribution is 2.35. The average molecular weight is 484 g/mol. The second kappa shape index (κ2) is 10.9. The Morgan fingerprint density at radius 3 is 2.21 bits per heavy atom. The molecule has 34 heavy (non-hydrogen) atoms. The Labute approximate surface area is 200 Å². The number of nitrogens with one attached hydrogen (secondary N) is 1. The number of alkyl halides is 3. The van der Waals surface area contributed by atoms with Crippen molar-refractivity contribution in [3.8, 4) is 0 Å². The maximum Gasteiger partial charge on any atom is 0.416 e. The number of hydrazone groups is 1. The number of carbonyl (C=O) groups is 1. The Bertz CT molecular complexity index is 1080. The van der Waals surface area contributed by atoms with Gasteiger partial charge in [-0.3, -0.25) is 9.69 Å². The van der Waals surface area contributed by atoms with Gasteiger partial charge < -0.3 is 0 Å². The predicted octanol–water partition coefficient (Wildman–Crippen LogP) is 5.36. The molecule has 4 nitrogen and oxygen atoms in total. The molecule has 0 aliphatic carbocycles. The molecule has 0 aromatic heterocycles. The molecule has 0 atom stereocenters. The van der Waals surface area contributed by atoms with Gasteiger partial charge >= 0.3 is 6.18 Å². The topological polar surface area (TPSA) is 44.7 Å². The number of carbonyl (C=O) groups excluding carboxylic acids is 1. The summed E-state index contributed by atoms with van der Waals surface area (Å²) in [7, 11) is 0. The molecule has 4 rings (SSSR count). The number of nitrogens with zero attached hydrogens (tertiary/aromatic N) is 2. The van der Waals surface area contributed by atoms with Gasteiger partial charge in [-0.15, -0.1) is 11.8 Å². The van der Waals surface area contributed by atoms with Crippen LogP contribution in [0.25, 0.3) is 0 Å². The minimum absolute atomic E-state index is 0.171. The first kappa shape index (κ1) is 24.0. The summed E-state index contributed by atoms with van der Waals surface area (Å²) in [6.45, 7) is 1.72. The Morgan fingerprint density at radius 1 is 1.00 bits per heavy atom. The van der Waals surface area contributed by atoms with Crippen LogP contribution < -0.4 is 5.43 Å². The Morgan fingerprint density at radius 2 is 1.62 bits per heavy atom. The molecule has 1 heterocycles. The summed E-state index contributed by atoms with van der Waals surface area (Å²) >= 11 is 1.56. The fourth-order valence-corrected chi connectivity index (χ4v) is 4.92. The number of benzene rings is 3. The third-order valence-electron chi connectivity index (χ3n) is 5.54. The zero-order valence-corrected chi connectivity index (χ0v) is 19.1. The predicted molar refractivity (Wildman–Crippen MR) is 130 cm³/mol. The summed E-state index contributed by atoms with van der Waals surface area (Å²) in [5, 5.41) is 4.12. The smallest absolute Gasteiger partial charge is 0.290 e. The van der Waals surface area contributed by atoms with E-state index >= 15 is 0 Å². The lowest BCUT2D eigenvalue weighted by molar-refractivity contribution is -0.137. The lowest BCUT2D eigenvalue weighted by Gasteiger charge is -2.44. The maximum absolute atomic E-state index is 12.8. The third-order valence-corrected chi connectivity index (χ3v) is 6.74. The second-order valence-corrected chi connectivity index (χ2v) is 9.32. The molecule has 0 unspecified atom stereocenters. The van der Waals surface area contributed by atoms with Gasteiger partial charge in [-0.05, 0) is 28.8 Å². The van der Waals surface area contributed by atoms with Crippen molar-refractivity contribution in [2.24, 2.45) is 5.10 Å². The average Bonchev–Trinajstić information content (AvgIpc) is 2.81. The first-order chi connectivity index (χ1) is 16.4. The van der Waals surface area contributed by atoms with Crippen LogP contribution in [0.4, 0.5) is 13.2 Å². The van der Waals surface area contributed by atoms with Gasteiger partial charge in [-0.25, -0.2) is 5.43 Å². The Balaban J connectivity index is 1.26. The quantitative estimate of drug-likeness (QED) is 0.347. The standard InChI is InChI=1S/C26H24F3N3OS/c27-26(28,29)22-13-7-8-19(14-22)15-30-31-24(33)18-34-23-16-32(17-23)25(20-9-3-1-4-10-20)21-11-5-2-6-12-21/h1-15,23,25H,16-18H2,(H,31,33)/b30-15+. The molecule has 0 radical (unpaired) electrons. The largest absolute Gasteiger partial charge is 0.416 e. The zero-order valence-electron chi connectivity index (χ0n) is 18.3. The van der Waals surface area contributed by atoms with E-state index in [1.54, 1.807) is 11.8 Å². The summed E-state index contributed by atoms with van der Waals surface area (Å²) in [4.78, 5) is 14.5. The summed E-state index contributed by atoms with van der Waals surface area (Å²) in [5.74, 6) is -0.0471. The minimum atomic E-state index is -4.42. The third kappa shape index (κ3) is 6.27. The number of halogens is 3. The van der Waals surface area contributed by atoms with E-state index in [-0.39, 0.29) is 23.3 Å². The van der Waals surface area contributed by atoms with Gasteiger partial charge in [-0.1, -0.05) is 72.8 Å². The van der Waals surface area contributed by atoms with E-state index in [2.05, 4.69) is 39.7 Å². The fourth-order valence-electron chi connectivity index (χ4n) is 3.87. The lowest BCUT2D eigenvalue weighted by atomic mass is 9.94. The molecule has 0 bridgehead atoms. The molecule has 1 N–H and O–H groups in total. The second-order valence-electron chi connectivity index (χ2n) is 8.03. The van der Waals surface area contributed by atoms with Crippen LogP contribution in [0.15, 0.2) is 90.0 Å². The number of thioether (sulfide) groups is 1. The van der Waals surface area contributed by atoms with Crippen LogP contribution in [0.3, 0.4) is 0 Å². The fraction of sp³-hybridized carbons (Fsp3) is 0.231. The molecule has 1 aliphatic rings. The molecular weight excluding hydrogens is 459 g/mol. The summed E-state index contributed by atoms with van der Waals surface area (Å²) in [5.41, 5.74) is 4.38. The molecule has 1 saturated heterocycles. The van der Waals surface area contributed by atoms with Crippen molar-refractivity contribution in [3.05, 3.63) is 107 Å². The van der Waals surface area contributed by atoms with Crippen LogP contribution in [-0.4, -0.2) is 41.1 Å². The summed E-state index contributed by atoms with van der Waals surface area (Å²) < 4.78 is 38.3. The van der Waals surface area contributed by atoms with Crippen LogP contribution in [0.2, 0.25) is 0 Å². The van der Waals surface area contributed by atoms with Crippen molar-refractivity contribution in [3.63, 3.8) is 0 Å². The molecule has 1 aliphatic heterocycles. The highest BCUT2D eigenvalue weighted by Gasteiger charge is 2.34. The Kier molecular flexibility index (Phi) is 7.70. The monoisotopic (exact) mass is 483 g/mol. The van der Waals surface area contributed by atoms with Crippen molar-refractivity contribution >= 4 is 23.9 Å². The molecule has 3 aromatic carbocycles. The van der Waals surface area contributed by atoms with E-state index in [9.17, 15) is 18.0 Å². The van der Waals surface area contributed by atoms with Crippen LogP contribution >= 0.6 is 11.8 Å². The van der Waals surface area contributed by atoms with E-state index in [4.69, 9.17) is 0 Å². The van der Waals surface area contributed by atoms with Gasteiger partial charge in [0.25, 0.3) is 0 Å². The number of rotatable bonds is 8. The van der Waals surface area contributed by atoms with E-state index < -0.39 is 11.7 Å². The van der Waals surface area contributed by atoms with Gasteiger partial charge in [0, 0.05) is 18.3 Å². The minimum Gasteiger partial charge on any atom is -0.290 e. The van der Waals surface area contributed by atoms with Gasteiger partial charge in [0.2, 0.25) is 5.91 Å². The first-order valence-corrected chi connectivity index (χ1v) is 11.9. The molecule has 176 valence electrons. The normalized spacial score (nSPS) is 14.9. The van der Waals surface area contributed by atoms with E-state index in [0.29, 0.717) is 5.25 Å². The molecular formula is C26H24F3N3OS.